The van der Waals surface area contributed by atoms with Gasteiger partial charge in [-0.05, 0) is 125 Å². The van der Waals surface area contributed by atoms with Crippen LogP contribution in [0.1, 0.15) is 83.1 Å². The summed E-state index contributed by atoms with van der Waals surface area (Å²) < 4.78 is 0. The van der Waals surface area contributed by atoms with Crippen molar-refractivity contribution in [3.8, 4) is 0 Å². The fraction of sp³-hybridized carbons (Fsp3) is 0.209. The first-order chi connectivity index (χ1) is 49.4. The molecule has 0 fully saturated rings. The van der Waals surface area contributed by atoms with Crippen molar-refractivity contribution in [3.05, 3.63) is 334 Å². The SMILES string of the molecule is CC1(C)[N-]C(=O)C(C)(C)C(=O)[N-]C(C)(C)C(=O)[N-]c2ccccc2[N-]C1=O.CC1(C)[N-]C(=O)C(C)(C)C(=O)[N-]C(C)(C)C(=O)[N-]c2ccccc2[N-]C1=O.O.[Fe+3].[Fe+3].c1ccc([P+](c2ccccc2)(c2ccccc2)c2ccccc2)cc1.c1ccc([P+](c2ccccc2)(c2ccccc2)c2ccccc2)cc1. The van der Waals surface area contributed by atoms with Crippen LogP contribution in [-0.2, 0) is 72.5 Å². The van der Waals surface area contributed by atoms with Gasteiger partial charge in [0, 0.05) is 34.5 Å². The Morgan fingerprint density at radius 3 is 0.449 bits per heavy atom. The van der Waals surface area contributed by atoms with Crippen LogP contribution in [0.15, 0.2) is 291 Å². The molecule has 2 heterocycles. The number of para-hydroxylation sites is 4. The molecule has 17 nitrogen and oxygen atoms in total. The van der Waals surface area contributed by atoms with Gasteiger partial charge < -0.3 is 86.4 Å². The molecule has 2 aliphatic rings. The Kier molecular flexibility index (Phi) is 29.2. The average Bonchev–Trinajstić information content (AvgIpc) is 0.785. The molecule has 0 spiro atoms. The van der Waals surface area contributed by atoms with E-state index in [1.165, 1.54) is 150 Å². The Balaban J connectivity index is 0.000000221. The van der Waals surface area contributed by atoms with Gasteiger partial charge in [0.25, 0.3) is 0 Å². The molecule has 2 radical (unpaired) electrons. The number of hydrogen-bond acceptors (Lipinski definition) is 8. The van der Waals surface area contributed by atoms with Crippen LogP contribution in [-0.4, -0.2) is 74.9 Å². The quantitative estimate of drug-likeness (QED) is 0.0799. The van der Waals surface area contributed by atoms with E-state index < -0.39 is 94.8 Å². The van der Waals surface area contributed by atoms with Gasteiger partial charge in [-0.25, -0.2) is 0 Å². The third-order valence-electron chi connectivity index (χ3n) is 17.6. The predicted octanol–water partition coefficient (Wildman–Crippen LogP) is 16.1. The van der Waals surface area contributed by atoms with E-state index in [9.17, 15) is 38.4 Å². The first kappa shape index (κ1) is 85.7. The van der Waals surface area contributed by atoms with Gasteiger partial charge in [-0.15, -0.1) is 22.7 Å². The van der Waals surface area contributed by atoms with E-state index in [1.54, 1.807) is 24.3 Å². The summed E-state index contributed by atoms with van der Waals surface area (Å²) in [5.74, 6) is -5.99. The summed E-state index contributed by atoms with van der Waals surface area (Å²) >= 11 is 0. The zero-order valence-electron chi connectivity index (χ0n) is 61.7. The molecule has 0 bridgehead atoms. The average molecular weight is 1550 g/mol. The van der Waals surface area contributed by atoms with Crippen molar-refractivity contribution < 1.29 is 78.0 Å². The molecular formula is C86H86Fe2N8O9P2. The number of benzene rings is 10. The molecule has 0 saturated carbocycles. The van der Waals surface area contributed by atoms with Crippen molar-refractivity contribution in [2.45, 2.75) is 105 Å². The van der Waals surface area contributed by atoms with Crippen molar-refractivity contribution in [1.82, 2.24) is 0 Å². The van der Waals surface area contributed by atoms with Crippen molar-refractivity contribution in [2.24, 2.45) is 10.8 Å². The smallest absolute Gasteiger partial charge is 0.643 e. The zero-order chi connectivity index (χ0) is 75.1. The molecule has 12 rings (SSSR count). The monoisotopic (exact) mass is 1550 g/mol. The molecule has 2 N–H and O–H groups in total. The maximum atomic E-state index is 12.6. The third-order valence-corrected chi connectivity index (χ3v) is 26.1. The minimum Gasteiger partial charge on any atom is -0.643 e. The van der Waals surface area contributed by atoms with Crippen LogP contribution in [0.5, 0.6) is 0 Å². The summed E-state index contributed by atoms with van der Waals surface area (Å²) in [5.41, 5.74) is -8.53. The number of carbonyl (C=O) groups is 8. The van der Waals surface area contributed by atoms with E-state index in [-0.39, 0.29) is 62.4 Å². The summed E-state index contributed by atoms with van der Waals surface area (Å²) in [5, 5.41) is 42.7. The maximum absolute atomic E-state index is 12.6. The first-order valence-electron chi connectivity index (χ1n) is 33.9. The molecule has 550 valence electrons. The third kappa shape index (κ3) is 19.5. The first-order valence-corrected chi connectivity index (χ1v) is 37.5. The second-order valence-electron chi connectivity index (χ2n) is 27.8. The molecule has 8 amide bonds. The second-order valence-corrected chi connectivity index (χ2v) is 34.6. The Hall–Kier alpha value is -10.2. The van der Waals surface area contributed by atoms with Crippen LogP contribution >= 0.6 is 14.5 Å². The van der Waals surface area contributed by atoms with Gasteiger partial charge in [0.05, 0.1) is 23.6 Å². The number of hydrogen-bond donors (Lipinski definition) is 0. The fourth-order valence-corrected chi connectivity index (χ4v) is 19.8. The molecule has 0 unspecified atom stereocenters. The Labute approximate surface area is 650 Å². The summed E-state index contributed by atoms with van der Waals surface area (Å²) in [6.07, 6.45) is 0. The van der Waals surface area contributed by atoms with E-state index in [2.05, 4.69) is 285 Å². The summed E-state index contributed by atoms with van der Waals surface area (Å²) in [4.78, 5) is 101. The summed E-state index contributed by atoms with van der Waals surface area (Å²) in [7, 11) is -3.81. The van der Waals surface area contributed by atoms with E-state index in [0.29, 0.717) is 0 Å². The van der Waals surface area contributed by atoms with E-state index in [0.717, 1.165) is 0 Å². The zero-order valence-corrected chi connectivity index (χ0v) is 65.7. The topological polar surface area (TPSA) is 281 Å². The number of nitrogens with zero attached hydrogens (tertiary/aromatic N) is 8. The minimum absolute atomic E-state index is 0. The van der Waals surface area contributed by atoms with Crippen molar-refractivity contribution >= 4 is 127 Å². The number of rotatable bonds is 8. The molecule has 0 aromatic heterocycles. The van der Waals surface area contributed by atoms with Crippen LogP contribution < -0.4 is 42.4 Å². The van der Waals surface area contributed by atoms with Crippen LogP contribution in [0.2, 0.25) is 0 Å². The van der Waals surface area contributed by atoms with Crippen molar-refractivity contribution in [2.75, 3.05) is 0 Å². The summed E-state index contributed by atoms with van der Waals surface area (Å²) in [6.45, 7) is 16.9. The normalized spacial score (nSPS) is 16.3. The van der Waals surface area contributed by atoms with Gasteiger partial charge >= 0.3 is 34.1 Å². The van der Waals surface area contributed by atoms with Crippen LogP contribution in [0.25, 0.3) is 42.5 Å². The van der Waals surface area contributed by atoms with Crippen molar-refractivity contribution in [3.63, 3.8) is 0 Å². The number of carbonyl (C=O) groups excluding carboxylic acids is 8. The van der Waals surface area contributed by atoms with E-state index in [1.807, 2.05) is 0 Å². The van der Waals surface area contributed by atoms with Gasteiger partial charge in [-0.1, -0.05) is 272 Å². The van der Waals surface area contributed by atoms with Gasteiger partial charge in [0.1, 0.15) is 57.0 Å². The van der Waals surface area contributed by atoms with Gasteiger partial charge in [-0.3, -0.25) is 0 Å². The molecular weight excluding hydrogens is 1460 g/mol. The van der Waals surface area contributed by atoms with Crippen molar-refractivity contribution in [1.29, 1.82) is 0 Å². The Morgan fingerprint density at radius 1 is 0.196 bits per heavy atom. The van der Waals surface area contributed by atoms with Gasteiger partial charge in [-0.2, -0.15) is 0 Å². The molecule has 2 aliphatic heterocycles. The molecule has 0 saturated heterocycles. The summed E-state index contributed by atoms with van der Waals surface area (Å²) in [6, 6.07) is 100. The molecule has 107 heavy (non-hydrogen) atoms. The largest absolute Gasteiger partial charge is 3.00 e. The number of amides is 8. The van der Waals surface area contributed by atoms with E-state index in [4.69, 9.17) is 0 Å². The molecule has 0 aliphatic carbocycles. The molecule has 21 heteroatoms. The fourth-order valence-electron chi connectivity index (χ4n) is 11.2. The minimum atomic E-state index is -1.91. The Morgan fingerprint density at radius 2 is 0.318 bits per heavy atom. The maximum Gasteiger partial charge on any atom is 3.00 e. The van der Waals surface area contributed by atoms with Gasteiger partial charge in [0.15, 0.2) is 0 Å². The Bertz CT molecular complexity index is 3930. The molecule has 0 atom stereocenters. The predicted molar refractivity (Wildman–Crippen MR) is 428 cm³/mol. The second kappa shape index (κ2) is 36.4. The van der Waals surface area contributed by atoms with Gasteiger partial charge in [0.2, 0.25) is 0 Å². The van der Waals surface area contributed by atoms with E-state index >= 15 is 0 Å². The van der Waals surface area contributed by atoms with Crippen LogP contribution in [0.4, 0.5) is 22.7 Å². The van der Waals surface area contributed by atoms with Crippen LogP contribution in [0, 0.1) is 10.8 Å². The number of fused-ring (bicyclic) bond motifs is 2. The molecule has 10 aromatic rings. The van der Waals surface area contributed by atoms with Crippen LogP contribution in [0.3, 0.4) is 0 Å². The standard InChI is InChI=1S/2C24H20P.2C19H26N4O4.2Fe.H2O/c2*1-5-13-21(14-6-1)25(22-15-7-2-8-16-22,23-17-9-3-10-18-23)24-19-11-4-12-20-24;2*1-17(2)13(24)22-18(3,4)15(26)20-11-9-7-8-10-12(11)21-16(27)19(5,6)23-14(17)25;;;/h2*1-20H;2*7-10H,1-6H3,(H4,20,21,22,23,24,25,26,27);;;1H2/q2*+1;;;2*+3;/p-8. The molecule has 10 aromatic carbocycles.